The zero-order chi connectivity index (χ0) is 23.4. The molecule has 2 aliphatic heterocycles. The molecule has 0 radical (unpaired) electrons. The second-order valence-electron chi connectivity index (χ2n) is 8.59. The monoisotopic (exact) mass is 516 g/mol. The van der Waals surface area contributed by atoms with E-state index >= 15 is 0 Å². The van der Waals surface area contributed by atoms with Crippen molar-refractivity contribution in [3.63, 3.8) is 0 Å². The Hall–Kier alpha value is -2.82. The Labute approximate surface area is 208 Å². The minimum absolute atomic E-state index is 0.0930. The average molecular weight is 517 g/mol. The smallest absolute Gasteiger partial charge is 0.274 e. The van der Waals surface area contributed by atoms with Crippen LogP contribution in [0.25, 0.3) is 10.4 Å². The molecule has 4 heterocycles. The lowest BCUT2D eigenvalue weighted by Crippen LogP contribution is -2.45. The average Bonchev–Trinajstić information content (AvgIpc) is 3.17. The first-order chi connectivity index (χ1) is 16.5. The van der Waals surface area contributed by atoms with E-state index in [1.165, 1.54) is 22.7 Å². The largest absolute Gasteiger partial charge is 0.485 e. The van der Waals surface area contributed by atoms with Crippen LogP contribution in [0.3, 0.4) is 0 Å². The number of benzene rings is 1. The third-order valence-corrected chi connectivity index (χ3v) is 8.58. The van der Waals surface area contributed by atoms with Crippen molar-refractivity contribution >= 4 is 51.2 Å². The Balaban J connectivity index is 1.21. The Morgan fingerprint density at radius 2 is 2.15 bits per heavy atom. The van der Waals surface area contributed by atoms with Gasteiger partial charge in [0, 0.05) is 23.5 Å². The highest BCUT2D eigenvalue weighted by molar-refractivity contribution is 7.19. The van der Waals surface area contributed by atoms with E-state index in [1.807, 2.05) is 17.0 Å². The first kappa shape index (κ1) is 21.7. The van der Waals surface area contributed by atoms with Crippen molar-refractivity contribution in [2.45, 2.75) is 12.5 Å². The number of thiophene rings is 1. The highest BCUT2D eigenvalue weighted by Crippen LogP contribution is 2.50. The summed E-state index contributed by atoms with van der Waals surface area (Å²) in [6.45, 7) is 1.92. The standard InChI is InChI=1S/C23H21ClN4O4S2/c24-13-3-1-2-11(6-13)19-17(27-23(25)34-19)22(30)28-9-12-7-14(12)15(28)8-26-21(29)20-18-16(10-33-20)31-4-5-32-18/h1-3,6,10,12,14-15H,4-5,7-9H2,(H2,25,27)(H,26,29)/t12-,14-,15-/m1/s1. The maximum atomic E-state index is 13.6. The van der Waals surface area contributed by atoms with Gasteiger partial charge in [-0.3, -0.25) is 9.59 Å². The van der Waals surface area contributed by atoms with Crippen LogP contribution in [-0.4, -0.2) is 54.0 Å². The normalized spacial score (nSPS) is 22.4. The molecule has 2 amide bonds. The maximum Gasteiger partial charge on any atom is 0.274 e. The lowest BCUT2D eigenvalue weighted by molar-refractivity contribution is 0.0690. The number of likely N-dealkylation sites (tertiary alicyclic amines) is 1. The van der Waals surface area contributed by atoms with Crippen LogP contribution in [0.15, 0.2) is 29.6 Å². The number of hydrogen-bond donors (Lipinski definition) is 2. The van der Waals surface area contributed by atoms with Crippen LogP contribution >= 0.6 is 34.3 Å². The number of fused-ring (bicyclic) bond motifs is 2. The van der Waals surface area contributed by atoms with E-state index in [-0.39, 0.29) is 17.9 Å². The fraction of sp³-hybridized carbons (Fsp3) is 0.348. The number of nitrogens with zero attached hydrogens (tertiary/aromatic N) is 2. The van der Waals surface area contributed by atoms with Crippen molar-refractivity contribution in [1.82, 2.24) is 15.2 Å². The van der Waals surface area contributed by atoms with Gasteiger partial charge in [-0.05, 0) is 36.0 Å². The summed E-state index contributed by atoms with van der Waals surface area (Å²) >= 11 is 8.74. The molecule has 1 saturated heterocycles. The fourth-order valence-electron chi connectivity index (χ4n) is 4.81. The molecule has 0 spiro atoms. The van der Waals surface area contributed by atoms with Gasteiger partial charge in [-0.2, -0.15) is 0 Å². The Morgan fingerprint density at radius 3 is 3.00 bits per heavy atom. The molecule has 3 atom stereocenters. The molecule has 3 aliphatic rings. The van der Waals surface area contributed by atoms with Gasteiger partial charge in [-0.15, -0.1) is 11.3 Å². The van der Waals surface area contributed by atoms with Gasteiger partial charge in [-0.1, -0.05) is 35.1 Å². The second kappa shape index (κ2) is 8.44. The van der Waals surface area contributed by atoms with E-state index in [1.54, 1.807) is 17.5 Å². The minimum Gasteiger partial charge on any atom is -0.485 e. The number of nitrogens with two attached hydrogens (primary N) is 1. The Bertz CT molecular complexity index is 1290. The SMILES string of the molecule is Nc1nc(C(=O)N2C[C@H]3C[C@H]3[C@H]2CNC(=O)c2scc3c2OCCO3)c(-c2cccc(Cl)c2)s1. The summed E-state index contributed by atoms with van der Waals surface area (Å²) in [5.74, 6) is 1.57. The number of carbonyl (C=O) groups excluding carboxylic acids is 2. The zero-order valence-corrected chi connectivity index (χ0v) is 20.3. The molecule has 34 heavy (non-hydrogen) atoms. The molecular weight excluding hydrogens is 496 g/mol. The molecular formula is C23H21ClN4O4S2. The number of anilines is 1. The van der Waals surface area contributed by atoms with E-state index in [0.717, 1.165) is 12.0 Å². The van der Waals surface area contributed by atoms with Crippen LogP contribution < -0.4 is 20.5 Å². The number of hydrogen-bond acceptors (Lipinski definition) is 8. The van der Waals surface area contributed by atoms with Crippen LogP contribution in [0.1, 0.15) is 26.6 Å². The molecule has 11 heteroatoms. The molecule has 1 aliphatic carbocycles. The van der Waals surface area contributed by atoms with Crippen LogP contribution in [0.5, 0.6) is 11.5 Å². The highest BCUT2D eigenvalue weighted by Gasteiger charge is 2.54. The molecule has 3 aromatic rings. The number of ether oxygens (including phenoxy) is 2. The van der Waals surface area contributed by atoms with Crippen molar-refractivity contribution in [2.24, 2.45) is 11.8 Å². The van der Waals surface area contributed by atoms with Crippen LogP contribution in [0, 0.1) is 11.8 Å². The quantitative estimate of drug-likeness (QED) is 0.534. The first-order valence-corrected chi connectivity index (χ1v) is 13.1. The molecule has 8 nitrogen and oxygen atoms in total. The summed E-state index contributed by atoms with van der Waals surface area (Å²) in [5.41, 5.74) is 7.14. The predicted octanol–water partition coefficient (Wildman–Crippen LogP) is 3.77. The fourth-order valence-corrected chi connectivity index (χ4v) is 6.66. The van der Waals surface area contributed by atoms with Gasteiger partial charge in [0.2, 0.25) is 0 Å². The number of amides is 2. The van der Waals surface area contributed by atoms with E-state index in [2.05, 4.69) is 10.3 Å². The topological polar surface area (TPSA) is 107 Å². The Morgan fingerprint density at radius 1 is 1.29 bits per heavy atom. The molecule has 1 aromatic carbocycles. The zero-order valence-electron chi connectivity index (χ0n) is 18.0. The summed E-state index contributed by atoms with van der Waals surface area (Å²) < 4.78 is 11.2. The van der Waals surface area contributed by atoms with Crippen molar-refractivity contribution in [3.8, 4) is 21.9 Å². The summed E-state index contributed by atoms with van der Waals surface area (Å²) in [7, 11) is 0. The van der Waals surface area contributed by atoms with Crippen LogP contribution in [-0.2, 0) is 0 Å². The van der Waals surface area contributed by atoms with Crippen LogP contribution in [0.4, 0.5) is 5.13 Å². The van der Waals surface area contributed by atoms with Gasteiger partial charge in [0.05, 0.1) is 10.9 Å². The maximum absolute atomic E-state index is 13.6. The van der Waals surface area contributed by atoms with Crippen LogP contribution in [0.2, 0.25) is 5.02 Å². The molecule has 3 N–H and O–H groups in total. The third-order valence-electron chi connectivity index (χ3n) is 6.48. The molecule has 2 aromatic heterocycles. The number of rotatable bonds is 5. The summed E-state index contributed by atoms with van der Waals surface area (Å²) in [6.07, 6.45) is 1.07. The van der Waals surface area contributed by atoms with E-state index in [0.29, 0.717) is 75.2 Å². The number of aromatic nitrogens is 1. The summed E-state index contributed by atoms with van der Waals surface area (Å²) in [5, 5.41) is 5.71. The molecule has 1 saturated carbocycles. The van der Waals surface area contributed by atoms with Crippen molar-refractivity contribution in [1.29, 1.82) is 0 Å². The first-order valence-electron chi connectivity index (χ1n) is 11.0. The number of halogens is 1. The summed E-state index contributed by atoms with van der Waals surface area (Å²) in [6, 6.07) is 7.22. The lowest BCUT2D eigenvalue weighted by atomic mass is 10.1. The lowest BCUT2D eigenvalue weighted by Gasteiger charge is -2.27. The van der Waals surface area contributed by atoms with Gasteiger partial charge in [0.15, 0.2) is 16.6 Å². The molecule has 0 bridgehead atoms. The van der Waals surface area contributed by atoms with E-state index < -0.39 is 0 Å². The number of nitrogen functional groups attached to an aromatic ring is 1. The number of carbonyl (C=O) groups is 2. The van der Waals surface area contributed by atoms with E-state index in [9.17, 15) is 9.59 Å². The number of nitrogens with one attached hydrogen (secondary N) is 1. The van der Waals surface area contributed by atoms with Crippen molar-refractivity contribution in [3.05, 3.63) is 45.2 Å². The number of piperidine rings is 1. The second-order valence-corrected chi connectivity index (χ2v) is 10.9. The van der Waals surface area contributed by atoms with Gasteiger partial charge < -0.3 is 25.4 Å². The predicted molar refractivity (Wildman–Crippen MR) is 131 cm³/mol. The van der Waals surface area contributed by atoms with E-state index in [4.69, 9.17) is 26.8 Å². The van der Waals surface area contributed by atoms with Crippen molar-refractivity contribution < 1.29 is 19.1 Å². The van der Waals surface area contributed by atoms with Gasteiger partial charge in [0.25, 0.3) is 11.8 Å². The van der Waals surface area contributed by atoms with Crippen molar-refractivity contribution in [2.75, 3.05) is 32.0 Å². The third kappa shape index (κ3) is 3.79. The highest BCUT2D eigenvalue weighted by atomic mass is 35.5. The molecule has 6 rings (SSSR count). The molecule has 176 valence electrons. The summed E-state index contributed by atoms with van der Waals surface area (Å²) in [4.78, 5) is 33.9. The number of thiazole rings is 1. The Kier molecular flexibility index (Phi) is 5.39. The minimum atomic E-state index is -0.217. The molecule has 0 unspecified atom stereocenters. The molecule has 2 fully saturated rings. The van der Waals surface area contributed by atoms with Gasteiger partial charge in [-0.25, -0.2) is 4.98 Å². The van der Waals surface area contributed by atoms with Gasteiger partial charge in [0.1, 0.15) is 23.8 Å². The van der Waals surface area contributed by atoms with Gasteiger partial charge >= 0.3 is 0 Å².